The Hall–Kier alpha value is -3.45. The minimum absolute atomic E-state index is 0.164. The van der Waals surface area contributed by atoms with E-state index in [0.29, 0.717) is 17.5 Å². The summed E-state index contributed by atoms with van der Waals surface area (Å²) in [5.74, 6) is 0.0519. The maximum atomic E-state index is 13.0. The van der Waals surface area contributed by atoms with E-state index in [1.54, 1.807) is 22.9 Å². The fourth-order valence-electron chi connectivity index (χ4n) is 4.21. The number of hydrogen-bond acceptors (Lipinski definition) is 4. The number of nitrogens with zero attached hydrogens (tertiary/aromatic N) is 3. The molecule has 0 radical (unpaired) electrons. The van der Waals surface area contributed by atoms with Crippen molar-refractivity contribution in [1.29, 1.82) is 0 Å². The predicted molar refractivity (Wildman–Crippen MR) is 117 cm³/mol. The first-order valence-electron chi connectivity index (χ1n) is 10.3. The summed E-state index contributed by atoms with van der Waals surface area (Å²) in [6, 6.07) is 12.7. The smallest absolute Gasteiger partial charge is 0.258 e. The lowest BCUT2D eigenvalue weighted by Gasteiger charge is -2.21. The molecule has 4 heterocycles. The molecule has 3 aromatic heterocycles. The van der Waals surface area contributed by atoms with E-state index in [-0.39, 0.29) is 12.2 Å². The van der Waals surface area contributed by atoms with Gasteiger partial charge in [-0.15, -0.1) is 0 Å². The molecular weight excluding hydrogens is 395 g/mol. The maximum Gasteiger partial charge on any atom is 0.258 e. The highest BCUT2D eigenvalue weighted by Gasteiger charge is 2.21. The Labute approximate surface area is 178 Å². The number of aromatic nitrogens is 3. The zero-order chi connectivity index (χ0) is 21.5. The van der Waals surface area contributed by atoms with Gasteiger partial charge in [0.25, 0.3) is 5.56 Å². The Morgan fingerprint density at radius 1 is 1.23 bits per heavy atom. The second kappa shape index (κ2) is 7.67. The van der Waals surface area contributed by atoms with Crippen molar-refractivity contribution in [3.63, 3.8) is 0 Å². The van der Waals surface area contributed by atoms with Crippen LogP contribution in [0.5, 0.6) is 5.75 Å². The van der Waals surface area contributed by atoms with Gasteiger partial charge in [0.1, 0.15) is 18.2 Å². The third-order valence-electron chi connectivity index (χ3n) is 5.89. The number of benzene rings is 1. The maximum absolute atomic E-state index is 13.0. The Bertz CT molecular complexity index is 1320. The molecule has 0 saturated carbocycles. The topological polar surface area (TPSA) is 61.1 Å². The highest BCUT2D eigenvalue weighted by atomic mass is 19.1. The number of halogens is 1. The van der Waals surface area contributed by atoms with Crippen molar-refractivity contribution >= 4 is 10.9 Å². The fraction of sp³-hybridized carbons (Fsp3) is 0.250. The van der Waals surface area contributed by atoms with E-state index in [2.05, 4.69) is 41.0 Å². The highest BCUT2D eigenvalue weighted by Crippen LogP contribution is 2.30. The molecule has 158 valence electrons. The van der Waals surface area contributed by atoms with Gasteiger partial charge in [-0.25, -0.2) is 4.39 Å². The molecule has 7 heteroatoms. The van der Waals surface area contributed by atoms with Gasteiger partial charge in [-0.1, -0.05) is 6.07 Å². The molecule has 4 aromatic rings. The zero-order valence-electron chi connectivity index (χ0n) is 17.4. The summed E-state index contributed by atoms with van der Waals surface area (Å²) in [5, 5.41) is 4.75. The normalized spacial score (nSPS) is 15.8. The van der Waals surface area contributed by atoms with Crippen LogP contribution in [0.1, 0.15) is 23.9 Å². The number of ether oxygens (including phenoxy) is 1. The molecule has 31 heavy (non-hydrogen) atoms. The number of rotatable bonds is 4. The van der Waals surface area contributed by atoms with Crippen LogP contribution in [0.15, 0.2) is 59.7 Å². The van der Waals surface area contributed by atoms with Gasteiger partial charge >= 0.3 is 0 Å². The number of hydrogen-bond donors (Lipinski definition) is 1. The van der Waals surface area contributed by atoms with Crippen molar-refractivity contribution in [2.45, 2.75) is 32.5 Å². The number of pyridine rings is 2. The van der Waals surface area contributed by atoms with Crippen LogP contribution in [-0.2, 0) is 26.6 Å². The fourth-order valence-corrected chi connectivity index (χ4v) is 4.21. The SMILES string of the molecule is CC1Cc2c(c3ccc(-n4ccc(OCc5ccc(F)cn5)cc4=O)cc3n2C)CN1. The van der Waals surface area contributed by atoms with Crippen molar-refractivity contribution in [3.8, 4) is 11.4 Å². The molecule has 1 unspecified atom stereocenters. The molecule has 1 aromatic carbocycles. The molecule has 0 bridgehead atoms. The van der Waals surface area contributed by atoms with Gasteiger partial charge in [-0.3, -0.25) is 14.3 Å². The molecule has 0 spiro atoms. The third-order valence-corrected chi connectivity index (χ3v) is 5.89. The van der Waals surface area contributed by atoms with Crippen LogP contribution in [0.4, 0.5) is 4.39 Å². The summed E-state index contributed by atoms with van der Waals surface area (Å²) < 4.78 is 22.5. The van der Waals surface area contributed by atoms with Crippen LogP contribution in [0.25, 0.3) is 16.6 Å². The van der Waals surface area contributed by atoms with E-state index in [1.807, 2.05) is 6.07 Å². The van der Waals surface area contributed by atoms with E-state index in [9.17, 15) is 9.18 Å². The van der Waals surface area contributed by atoms with Crippen LogP contribution >= 0.6 is 0 Å². The number of fused-ring (bicyclic) bond motifs is 3. The lowest BCUT2D eigenvalue weighted by Crippen LogP contribution is -2.33. The van der Waals surface area contributed by atoms with Gasteiger partial charge in [-0.05, 0) is 42.8 Å². The predicted octanol–water partition coefficient (Wildman–Crippen LogP) is 3.48. The van der Waals surface area contributed by atoms with Gasteiger partial charge in [-0.2, -0.15) is 0 Å². The minimum Gasteiger partial charge on any atom is -0.487 e. The van der Waals surface area contributed by atoms with Crippen LogP contribution < -0.4 is 15.6 Å². The molecule has 1 atom stereocenters. The molecule has 0 saturated heterocycles. The summed E-state index contributed by atoms with van der Waals surface area (Å²) in [6.45, 7) is 3.22. The average Bonchev–Trinajstić information content (AvgIpc) is 3.04. The monoisotopic (exact) mass is 418 g/mol. The first kappa shape index (κ1) is 19.5. The molecule has 1 aliphatic rings. The lowest BCUT2D eigenvalue weighted by atomic mass is 10.0. The molecule has 5 rings (SSSR count). The first-order valence-corrected chi connectivity index (χ1v) is 10.3. The largest absolute Gasteiger partial charge is 0.487 e. The van der Waals surface area contributed by atoms with Crippen LogP contribution in [0.2, 0.25) is 0 Å². The highest BCUT2D eigenvalue weighted by molar-refractivity contribution is 5.87. The van der Waals surface area contributed by atoms with Gasteiger partial charge in [0.15, 0.2) is 0 Å². The summed E-state index contributed by atoms with van der Waals surface area (Å²) in [7, 11) is 2.09. The Morgan fingerprint density at radius 3 is 2.87 bits per heavy atom. The van der Waals surface area contributed by atoms with Crippen molar-refractivity contribution < 1.29 is 9.13 Å². The van der Waals surface area contributed by atoms with E-state index >= 15 is 0 Å². The lowest BCUT2D eigenvalue weighted by molar-refractivity contribution is 0.300. The number of nitrogens with one attached hydrogen (secondary N) is 1. The van der Waals surface area contributed by atoms with Gasteiger partial charge in [0.2, 0.25) is 0 Å². The first-order chi connectivity index (χ1) is 15.0. The Kier molecular flexibility index (Phi) is 4.82. The van der Waals surface area contributed by atoms with E-state index in [4.69, 9.17) is 4.74 Å². The molecule has 0 aliphatic carbocycles. The van der Waals surface area contributed by atoms with E-state index in [1.165, 1.54) is 28.8 Å². The van der Waals surface area contributed by atoms with Crippen LogP contribution in [0, 0.1) is 5.82 Å². The Morgan fingerprint density at radius 2 is 2.10 bits per heavy atom. The van der Waals surface area contributed by atoms with Crippen molar-refractivity contribution in [2.75, 3.05) is 0 Å². The number of aryl methyl sites for hydroxylation is 1. The van der Waals surface area contributed by atoms with Gasteiger partial charge < -0.3 is 14.6 Å². The van der Waals surface area contributed by atoms with Crippen LogP contribution in [0.3, 0.4) is 0 Å². The zero-order valence-corrected chi connectivity index (χ0v) is 17.4. The van der Waals surface area contributed by atoms with Crippen molar-refractivity contribution in [1.82, 2.24) is 19.4 Å². The third kappa shape index (κ3) is 3.61. The quantitative estimate of drug-likeness (QED) is 0.551. The van der Waals surface area contributed by atoms with Gasteiger partial charge in [0, 0.05) is 49.4 Å². The summed E-state index contributed by atoms with van der Waals surface area (Å²) >= 11 is 0. The standard InChI is InChI=1S/C24H23FN4O2/c1-15-9-22-21(13-26-15)20-6-5-18(10-23(20)28(22)2)29-8-7-19(11-24(29)30)31-14-17-4-3-16(25)12-27-17/h3-8,10-12,15,26H,9,13-14H2,1-2H3. The summed E-state index contributed by atoms with van der Waals surface area (Å²) in [6.07, 6.45) is 3.85. The van der Waals surface area contributed by atoms with E-state index < -0.39 is 5.82 Å². The molecule has 0 fully saturated rings. The second-order valence-corrected chi connectivity index (χ2v) is 8.00. The molecule has 0 amide bonds. The van der Waals surface area contributed by atoms with Gasteiger partial charge in [0.05, 0.1) is 23.1 Å². The Balaban J connectivity index is 1.43. The van der Waals surface area contributed by atoms with Crippen molar-refractivity contribution in [2.24, 2.45) is 7.05 Å². The van der Waals surface area contributed by atoms with Crippen LogP contribution in [-0.4, -0.2) is 20.2 Å². The molecule has 1 aliphatic heterocycles. The van der Waals surface area contributed by atoms with Crippen molar-refractivity contribution in [3.05, 3.63) is 88.0 Å². The summed E-state index contributed by atoms with van der Waals surface area (Å²) in [5.41, 5.74) is 5.03. The molecular formula is C24H23FN4O2. The molecule has 1 N–H and O–H groups in total. The molecule has 6 nitrogen and oxygen atoms in total. The van der Waals surface area contributed by atoms with E-state index in [0.717, 1.165) is 30.4 Å². The summed E-state index contributed by atoms with van der Waals surface area (Å²) in [4.78, 5) is 16.7. The average molecular weight is 418 g/mol. The second-order valence-electron chi connectivity index (χ2n) is 8.00. The minimum atomic E-state index is -0.395.